The molecule has 0 spiro atoms. The van der Waals surface area contributed by atoms with Crippen LogP contribution in [0.25, 0.3) is 0 Å². The molecule has 1 heterocycles. The van der Waals surface area contributed by atoms with Crippen LogP contribution in [-0.4, -0.2) is 40.2 Å². The van der Waals surface area contributed by atoms with Crippen molar-refractivity contribution in [1.82, 2.24) is 4.90 Å². The monoisotopic (exact) mass is 292 g/mol. The standard InChI is InChI=1S/C15H20N2O4/c1-10-3-2-7-17(8-6-10)15(21)16-11-4-5-12(14(19)20)13(18)9-11/h4-5,9-10,18H,2-3,6-8H2,1H3,(H,16,21)(H,19,20). The normalized spacial score (nSPS) is 18.9. The number of carboxylic acids is 1. The van der Waals surface area contributed by atoms with E-state index in [9.17, 15) is 14.7 Å². The molecule has 6 heteroatoms. The average Bonchev–Trinajstić information content (AvgIpc) is 2.63. The molecule has 6 nitrogen and oxygen atoms in total. The van der Waals surface area contributed by atoms with Crippen molar-refractivity contribution >= 4 is 17.7 Å². The largest absolute Gasteiger partial charge is 0.507 e. The van der Waals surface area contributed by atoms with Gasteiger partial charge in [0, 0.05) is 24.8 Å². The van der Waals surface area contributed by atoms with Gasteiger partial charge in [-0.05, 0) is 37.3 Å². The van der Waals surface area contributed by atoms with Crippen molar-refractivity contribution in [1.29, 1.82) is 0 Å². The first kappa shape index (κ1) is 15.2. The number of carboxylic acid groups (broad SMARTS) is 1. The number of carbonyl (C=O) groups is 2. The minimum atomic E-state index is -1.20. The molecule has 1 atom stereocenters. The lowest BCUT2D eigenvalue weighted by molar-refractivity contribution is 0.0694. The first-order chi connectivity index (χ1) is 9.97. The molecule has 21 heavy (non-hydrogen) atoms. The lowest BCUT2D eigenvalue weighted by atomic mass is 10.0. The molecule has 1 aromatic rings. The summed E-state index contributed by atoms with van der Waals surface area (Å²) in [5.41, 5.74) is 0.205. The van der Waals surface area contributed by atoms with E-state index in [0.717, 1.165) is 25.8 Å². The number of anilines is 1. The number of phenols is 1. The molecule has 1 aliphatic rings. The van der Waals surface area contributed by atoms with E-state index in [1.165, 1.54) is 18.2 Å². The van der Waals surface area contributed by atoms with E-state index in [1.807, 2.05) is 0 Å². The fourth-order valence-corrected chi connectivity index (χ4v) is 2.46. The van der Waals surface area contributed by atoms with E-state index >= 15 is 0 Å². The van der Waals surface area contributed by atoms with E-state index in [4.69, 9.17) is 5.11 Å². The number of hydrogen-bond acceptors (Lipinski definition) is 3. The summed E-state index contributed by atoms with van der Waals surface area (Å²) < 4.78 is 0. The summed E-state index contributed by atoms with van der Waals surface area (Å²) >= 11 is 0. The summed E-state index contributed by atoms with van der Waals surface area (Å²) in [7, 11) is 0. The molecule has 0 radical (unpaired) electrons. The van der Waals surface area contributed by atoms with Crippen LogP contribution >= 0.6 is 0 Å². The summed E-state index contributed by atoms with van der Waals surface area (Å²) in [6.07, 6.45) is 3.09. The number of likely N-dealkylation sites (tertiary alicyclic amines) is 1. The Morgan fingerprint density at radius 1 is 1.29 bits per heavy atom. The SMILES string of the molecule is CC1CCCN(C(=O)Nc2ccc(C(=O)O)c(O)c2)CC1. The Bertz CT molecular complexity index is 544. The Hall–Kier alpha value is -2.24. The summed E-state index contributed by atoms with van der Waals surface area (Å²) in [4.78, 5) is 24.7. The van der Waals surface area contributed by atoms with Crippen LogP contribution in [-0.2, 0) is 0 Å². The van der Waals surface area contributed by atoms with Gasteiger partial charge in [0.1, 0.15) is 11.3 Å². The number of urea groups is 1. The Balaban J connectivity index is 2.02. The van der Waals surface area contributed by atoms with Gasteiger partial charge in [0.25, 0.3) is 0 Å². The number of nitrogens with zero attached hydrogens (tertiary/aromatic N) is 1. The average molecular weight is 292 g/mol. The van der Waals surface area contributed by atoms with Crippen molar-refractivity contribution in [3.05, 3.63) is 23.8 Å². The van der Waals surface area contributed by atoms with Gasteiger partial charge in [-0.3, -0.25) is 0 Å². The highest BCUT2D eigenvalue weighted by Gasteiger charge is 2.19. The number of carbonyl (C=O) groups excluding carboxylic acids is 1. The third-order valence-corrected chi connectivity index (χ3v) is 3.78. The number of amides is 2. The van der Waals surface area contributed by atoms with E-state index < -0.39 is 5.97 Å². The van der Waals surface area contributed by atoms with Crippen LogP contribution in [0.4, 0.5) is 10.5 Å². The van der Waals surface area contributed by atoms with E-state index in [0.29, 0.717) is 18.2 Å². The van der Waals surface area contributed by atoms with Gasteiger partial charge in [-0.2, -0.15) is 0 Å². The van der Waals surface area contributed by atoms with Gasteiger partial charge in [0.15, 0.2) is 0 Å². The van der Waals surface area contributed by atoms with Crippen molar-refractivity contribution in [3.63, 3.8) is 0 Å². The highest BCUT2D eigenvalue weighted by molar-refractivity contribution is 5.93. The highest BCUT2D eigenvalue weighted by atomic mass is 16.4. The number of aromatic carboxylic acids is 1. The number of nitrogens with one attached hydrogen (secondary N) is 1. The minimum Gasteiger partial charge on any atom is -0.507 e. The van der Waals surface area contributed by atoms with E-state index in [-0.39, 0.29) is 17.3 Å². The molecule has 1 fully saturated rings. The minimum absolute atomic E-state index is 0.184. The molecular weight excluding hydrogens is 272 g/mol. The summed E-state index contributed by atoms with van der Waals surface area (Å²) in [5.74, 6) is -0.932. The van der Waals surface area contributed by atoms with E-state index in [1.54, 1.807) is 4.90 Å². The molecule has 1 aliphatic heterocycles. The van der Waals surface area contributed by atoms with Crippen LogP contribution in [0.2, 0.25) is 0 Å². The van der Waals surface area contributed by atoms with Crippen LogP contribution in [0, 0.1) is 5.92 Å². The summed E-state index contributed by atoms with van der Waals surface area (Å²) in [6, 6.07) is 3.78. The van der Waals surface area contributed by atoms with Crippen LogP contribution in [0.3, 0.4) is 0 Å². The molecule has 1 saturated heterocycles. The maximum Gasteiger partial charge on any atom is 0.339 e. The third-order valence-electron chi connectivity index (χ3n) is 3.78. The molecule has 0 bridgehead atoms. The number of benzene rings is 1. The Morgan fingerprint density at radius 3 is 2.71 bits per heavy atom. The van der Waals surface area contributed by atoms with Crippen molar-refractivity contribution in [3.8, 4) is 5.75 Å². The van der Waals surface area contributed by atoms with E-state index in [2.05, 4.69) is 12.2 Å². The second-order valence-corrected chi connectivity index (χ2v) is 5.49. The predicted molar refractivity (Wildman–Crippen MR) is 78.7 cm³/mol. The van der Waals surface area contributed by atoms with Crippen LogP contribution in [0.15, 0.2) is 18.2 Å². The number of aromatic hydroxyl groups is 1. The Labute approximate surface area is 123 Å². The topological polar surface area (TPSA) is 89.9 Å². The zero-order valence-electron chi connectivity index (χ0n) is 12.0. The van der Waals surface area contributed by atoms with Gasteiger partial charge < -0.3 is 20.4 Å². The molecule has 0 saturated carbocycles. The smallest absolute Gasteiger partial charge is 0.339 e. The van der Waals surface area contributed by atoms with Crippen LogP contribution < -0.4 is 5.32 Å². The second kappa shape index (κ2) is 6.47. The molecule has 3 N–H and O–H groups in total. The van der Waals surface area contributed by atoms with Gasteiger partial charge in [0.05, 0.1) is 0 Å². The maximum atomic E-state index is 12.2. The zero-order valence-corrected chi connectivity index (χ0v) is 12.0. The molecule has 1 unspecified atom stereocenters. The second-order valence-electron chi connectivity index (χ2n) is 5.49. The summed E-state index contributed by atoms with van der Waals surface area (Å²) in [6.45, 7) is 3.62. The summed E-state index contributed by atoms with van der Waals surface area (Å²) in [5, 5.41) is 21.2. The fourth-order valence-electron chi connectivity index (χ4n) is 2.46. The first-order valence-corrected chi connectivity index (χ1v) is 7.09. The van der Waals surface area contributed by atoms with Gasteiger partial charge in [-0.25, -0.2) is 9.59 Å². The predicted octanol–water partition coefficient (Wildman–Crippen LogP) is 2.74. The maximum absolute atomic E-state index is 12.2. The van der Waals surface area contributed by atoms with Crippen molar-refractivity contribution in [2.24, 2.45) is 5.92 Å². The lowest BCUT2D eigenvalue weighted by Gasteiger charge is -2.21. The van der Waals surface area contributed by atoms with Crippen molar-refractivity contribution < 1.29 is 19.8 Å². The molecule has 0 aromatic heterocycles. The molecule has 1 aromatic carbocycles. The first-order valence-electron chi connectivity index (χ1n) is 7.09. The molecular formula is C15H20N2O4. The van der Waals surface area contributed by atoms with Crippen LogP contribution in [0.1, 0.15) is 36.5 Å². The molecule has 2 rings (SSSR count). The van der Waals surface area contributed by atoms with Gasteiger partial charge in [-0.15, -0.1) is 0 Å². The van der Waals surface area contributed by atoms with Crippen molar-refractivity contribution in [2.75, 3.05) is 18.4 Å². The number of hydrogen-bond donors (Lipinski definition) is 3. The zero-order chi connectivity index (χ0) is 15.4. The van der Waals surface area contributed by atoms with Gasteiger partial charge in [-0.1, -0.05) is 6.92 Å². The Kier molecular flexibility index (Phi) is 4.67. The quantitative estimate of drug-likeness (QED) is 0.781. The molecule has 0 aliphatic carbocycles. The molecule has 2 amide bonds. The highest BCUT2D eigenvalue weighted by Crippen LogP contribution is 2.23. The third kappa shape index (κ3) is 3.87. The Morgan fingerprint density at radius 2 is 2.05 bits per heavy atom. The number of rotatable bonds is 2. The lowest BCUT2D eigenvalue weighted by Crippen LogP contribution is -2.35. The van der Waals surface area contributed by atoms with Gasteiger partial charge in [0.2, 0.25) is 0 Å². The van der Waals surface area contributed by atoms with Crippen molar-refractivity contribution in [2.45, 2.75) is 26.2 Å². The van der Waals surface area contributed by atoms with Crippen LogP contribution in [0.5, 0.6) is 5.75 Å². The molecule has 114 valence electrons. The fraction of sp³-hybridized carbons (Fsp3) is 0.467. The van der Waals surface area contributed by atoms with Gasteiger partial charge >= 0.3 is 12.0 Å².